The third-order valence-corrected chi connectivity index (χ3v) is 5.99. The number of H-pyrrole nitrogens is 1. The monoisotopic (exact) mass is 269 g/mol. The molecule has 18 heavy (non-hydrogen) atoms. The molecule has 1 aromatic heterocycles. The number of aryl methyl sites for hydroxylation is 1. The first-order valence-corrected chi connectivity index (χ1v) is 8.09. The van der Waals surface area contributed by atoms with Crippen LogP contribution < -0.4 is 0 Å². The Bertz CT molecular complexity index is 525. The van der Waals surface area contributed by atoms with Crippen LogP contribution >= 0.6 is 0 Å². The van der Waals surface area contributed by atoms with Gasteiger partial charge in [-0.25, -0.2) is 13.4 Å². The molecule has 2 atom stereocenters. The van der Waals surface area contributed by atoms with Gasteiger partial charge in [0.2, 0.25) is 0 Å². The van der Waals surface area contributed by atoms with E-state index >= 15 is 0 Å². The fraction of sp³-hybridized carbons (Fsp3) is 0.750. The molecule has 3 rings (SSSR count). The number of nitrogens with zero attached hydrogens (tertiary/aromatic N) is 2. The molecule has 1 saturated carbocycles. The highest BCUT2D eigenvalue weighted by Crippen LogP contribution is 2.39. The third kappa shape index (κ3) is 1.87. The Morgan fingerprint density at radius 3 is 2.61 bits per heavy atom. The number of imidazole rings is 1. The predicted octanol–water partition coefficient (Wildman–Crippen LogP) is 1.39. The molecule has 5 nitrogen and oxygen atoms in total. The number of fused-ring (bicyclic) bond motifs is 1. The van der Waals surface area contributed by atoms with Crippen LogP contribution in [0.5, 0.6) is 0 Å². The van der Waals surface area contributed by atoms with E-state index in [9.17, 15) is 8.42 Å². The lowest BCUT2D eigenvalue weighted by molar-refractivity contribution is 0.443. The van der Waals surface area contributed by atoms with Gasteiger partial charge in [-0.2, -0.15) is 4.31 Å². The number of aromatic amines is 1. The maximum absolute atomic E-state index is 12.4. The highest BCUT2D eigenvalue weighted by Gasteiger charge is 2.41. The van der Waals surface area contributed by atoms with Crippen molar-refractivity contribution in [1.82, 2.24) is 14.3 Å². The standard InChI is InChI=1S/C12H19N3O2S/c1-2-11-13-6-12(14-11)18(16,17)15-7-9-4-3-5-10(9)8-15/h6,9-10H,2-5,7-8H2,1H3,(H,13,14). The van der Waals surface area contributed by atoms with Crippen LogP contribution in [0.2, 0.25) is 0 Å². The number of rotatable bonds is 3. The van der Waals surface area contributed by atoms with Crippen molar-refractivity contribution in [2.24, 2.45) is 11.8 Å². The average Bonchev–Trinajstić information content (AvgIpc) is 3.03. The molecule has 2 unspecified atom stereocenters. The first kappa shape index (κ1) is 12.2. The number of nitrogens with one attached hydrogen (secondary N) is 1. The van der Waals surface area contributed by atoms with Crippen LogP contribution in [0, 0.1) is 11.8 Å². The van der Waals surface area contributed by atoms with Crippen LogP contribution in [0.4, 0.5) is 0 Å². The first-order chi connectivity index (χ1) is 8.61. The third-order valence-electron chi connectivity index (χ3n) is 4.25. The number of sulfonamides is 1. The summed E-state index contributed by atoms with van der Waals surface area (Å²) in [6.45, 7) is 3.33. The minimum atomic E-state index is -3.35. The fourth-order valence-corrected chi connectivity index (χ4v) is 4.67. The minimum Gasteiger partial charge on any atom is -0.332 e. The number of hydrogen-bond donors (Lipinski definition) is 1. The summed E-state index contributed by atoms with van der Waals surface area (Å²) in [6, 6.07) is 0. The second kappa shape index (κ2) is 4.35. The van der Waals surface area contributed by atoms with Crippen molar-refractivity contribution in [3.05, 3.63) is 12.0 Å². The number of aromatic nitrogens is 2. The highest BCUT2D eigenvalue weighted by atomic mass is 32.2. The van der Waals surface area contributed by atoms with Crippen LogP contribution in [0.15, 0.2) is 11.2 Å². The highest BCUT2D eigenvalue weighted by molar-refractivity contribution is 7.89. The van der Waals surface area contributed by atoms with Gasteiger partial charge in [0.1, 0.15) is 5.82 Å². The molecule has 0 radical (unpaired) electrons. The zero-order valence-corrected chi connectivity index (χ0v) is 11.4. The summed E-state index contributed by atoms with van der Waals surface area (Å²) in [5.41, 5.74) is 0. The molecule has 6 heteroatoms. The summed E-state index contributed by atoms with van der Waals surface area (Å²) in [5, 5.41) is 0.249. The van der Waals surface area contributed by atoms with E-state index < -0.39 is 10.0 Å². The maximum atomic E-state index is 12.4. The Kier molecular flexibility index (Phi) is 2.94. The molecule has 0 spiro atoms. The summed E-state index contributed by atoms with van der Waals surface area (Å²) in [5.74, 6) is 1.88. The van der Waals surface area contributed by atoms with Crippen molar-refractivity contribution < 1.29 is 8.42 Å². The van der Waals surface area contributed by atoms with Crippen molar-refractivity contribution in [2.75, 3.05) is 13.1 Å². The van der Waals surface area contributed by atoms with Crippen molar-refractivity contribution >= 4 is 10.0 Å². The van der Waals surface area contributed by atoms with Crippen molar-refractivity contribution in [2.45, 2.75) is 37.6 Å². The molecule has 0 aromatic carbocycles. The van der Waals surface area contributed by atoms with Gasteiger partial charge < -0.3 is 4.98 Å². The molecule has 0 amide bonds. The van der Waals surface area contributed by atoms with Crippen LogP contribution in [0.25, 0.3) is 0 Å². The van der Waals surface area contributed by atoms with Crippen LogP contribution in [0.3, 0.4) is 0 Å². The van der Waals surface area contributed by atoms with Crippen LogP contribution in [-0.2, 0) is 16.4 Å². The van der Waals surface area contributed by atoms with E-state index in [-0.39, 0.29) is 5.03 Å². The molecule has 1 aliphatic heterocycles. The van der Waals surface area contributed by atoms with Crippen molar-refractivity contribution in [3.63, 3.8) is 0 Å². The Balaban J connectivity index is 1.82. The zero-order chi connectivity index (χ0) is 12.8. The van der Waals surface area contributed by atoms with Gasteiger partial charge in [-0.15, -0.1) is 0 Å². The molecule has 0 bridgehead atoms. The van der Waals surface area contributed by atoms with E-state index in [0.717, 1.165) is 12.2 Å². The Morgan fingerprint density at radius 1 is 1.39 bits per heavy atom. The molecule has 1 N–H and O–H groups in total. The lowest BCUT2D eigenvalue weighted by atomic mass is 10.0. The van der Waals surface area contributed by atoms with Gasteiger partial charge in [-0.05, 0) is 24.7 Å². The largest absolute Gasteiger partial charge is 0.332 e. The molecule has 1 saturated heterocycles. The van der Waals surface area contributed by atoms with Gasteiger partial charge in [-0.1, -0.05) is 13.3 Å². The fourth-order valence-electron chi connectivity index (χ4n) is 3.18. The topological polar surface area (TPSA) is 66.1 Å². The molecule has 100 valence electrons. The van der Waals surface area contributed by atoms with Crippen molar-refractivity contribution in [3.8, 4) is 0 Å². The van der Waals surface area contributed by atoms with E-state index in [1.807, 2.05) is 6.92 Å². The van der Waals surface area contributed by atoms with Gasteiger partial charge in [0.15, 0.2) is 5.03 Å². The smallest absolute Gasteiger partial charge is 0.260 e. The normalized spacial score (nSPS) is 28.7. The molecule has 2 aliphatic rings. The molecule has 2 heterocycles. The average molecular weight is 269 g/mol. The van der Waals surface area contributed by atoms with E-state index in [4.69, 9.17) is 0 Å². The lowest BCUT2D eigenvalue weighted by Crippen LogP contribution is -2.30. The van der Waals surface area contributed by atoms with E-state index in [1.165, 1.54) is 25.5 Å². The Labute approximate surface area is 108 Å². The predicted molar refractivity (Wildman–Crippen MR) is 67.6 cm³/mol. The van der Waals surface area contributed by atoms with E-state index in [1.54, 1.807) is 4.31 Å². The van der Waals surface area contributed by atoms with Gasteiger partial charge in [0.05, 0.1) is 6.20 Å². The molecule has 1 aromatic rings. The van der Waals surface area contributed by atoms with Crippen LogP contribution in [-0.4, -0.2) is 35.8 Å². The Hall–Kier alpha value is -0.880. The van der Waals surface area contributed by atoms with E-state index in [0.29, 0.717) is 24.9 Å². The quantitative estimate of drug-likeness (QED) is 0.902. The number of hydrogen-bond acceptors (Lipinski definition) is 3. The maximum Gasteiger partial charge on any atom is 0.260 e. The molecule has 1 aliphatic carbocycles. The summed E-state index contributed by atoms with van der Waals surface area (Å²) in [6.07, 6.45) is 5.79. The molecular weight excluding hydrogens is 250 g/mol. The second-order valence-corrected chi connectivity index (χ2v) is 7.23. The van der Waals surface area contributed by atoms with Gasteiger partial charge in [-0.3, -0.25) is 0 Å². The first-order valence-electron chi connectivity index (χ1n) is 6.65. The summed E-state index contributed by atoms with van der Waals surface area (Å²) in [4.78, 5) is 6.99. The molecule has 2 fully saturated rings. The minimum absolute atomic E-state index is 0.249. The van der Waals surface area contributed by atoms with Gasteiger partial charge >= 0.3 is 0 Å². The van der Waals surface area contributed by atoms with E-state index in [2.05, 4.69) is 9.97 Å². The molecular formula is C12H19N3O2S. The Morgan fingerprint density at radius 2 is 2.06 bits per heavy atom. The zero-order valence-electron chi connectivity index (χ0n) is 10.6. The SMILES string of the molecule is CCc1ncc(S(=O)(=O)N2CC3CCCC3C2)[nH]1. The lowest BCUT2D eigenvalue weighted by Gasteiger charge is -2.15. The second-order valence-electron chi connectivity index (χ2n) is 5.32. The summed E-state index contributed by atoms with van der Waals surface area (Å²) >= 11 is 0. The summed E-state index contributed by atoms with van der Waals surface area (Å²) < 4.78 is 26.5. The van der Waals surface area contributed by atoms with Gasteiger partial charge in [0, 0.05) is 19.5 Å². The van der Waals surface area contributed by atoms with Gasteiger partial charge in [0.25, 0.3) is 10.0 Å². The summed E-state index contributed by atoms with van der Waals surface area (Å²) in [7, 11) is -3.35. The van der Waals surface area contributed by atoms with Crippen molar-refractivity contribution in [1.29, 1.82) is 0 Å². The van der Waals surface area contributed by atoms with Crippen LogP contribution in [0.1, 0.15) is 32.0 Å².